The molecule has 84 valence electrons. The molecule has 0 bridgehead atoms. The average Bonchev–Trinajstić information content (AvgIpc) is 2.82. The summed E-state index contributed by atoms with van der Waals surface area (Å²) in [6.45, 7) is 0.726. The highest BCUT2D eigenvalue weighted by atomic mass is 16.5. The fraction of sp³-hybridized carbons (Fsp3) is 0.143. The van der Waals surface area contributed by atoms with E-state index in [1.165, 1.54) is 16.5 Å². The van der Waals surface area contributed by atoms with Gasteiger partial charge in [0.05, 0.1) is 13.7 Å². The highest BCUT2D eigenvalue weighted by molar-refractivity contribution is 6.81. The van der Waals surface area contributed by atoms with Crippen molar-refractivity contribution in [3.8, 4) is 5.75 Å². The lowest BCUT2D eigenvalue weighted by Gasteiger charge is -2.07. The van der Waals surface area contributed by atoms with E-state index < -0.39 is 0 Å². The molecule has 0 atom stereocenters. The first-order valence-electron chi connectivity index (χ1n) is 5.72. The number of rotatable bonds is 2. The van der Waals surface area contributed by atoms with Crippen LogP contribution < -0.4 is 15.7 Å². The second-order valence-corrected chi connectivity index (χ2v) is 4.17. The third kappa shape index (κ3) is 1.83. The molecule has 17 heavy (non-hydrogen) atoms. The van der Waals surface area contributed by atoms with Gasteiger partial charge in [0, 0.05) is 0 Å². The van der Waals surface area contributed by atoms with Crippen LogP contribution in [0.2, 0.25) is 0 Å². The molecule has 0 amide bonds. The van der Waals surface area contributed by atoms with Gasteiger partial charge < -0.3 is 9.39 Å². The molecule has 2 nitrogen and oxygen atoms in total. The Bertz CT molecular complexity index is 525. The van der Waals surface area contributed by atoms with E-state index in [4.69, 9.17) is 9.39 Å². The molecule has 0 fully saturated rings. The van der Waals surface area contributed by atoms with Gasteiger partial charge in [0.25, 0.3) is 0 Å². The quantitative estimate of drug-likeness (QED) is 0.716. The van der Waals surface area contributed by atoms with E-state index in [-0.39, 0.29) is 6.92 Å². The van der Waals surface area contributed by atoms with Gasteiger partial charge in [-0.3, -0.25) is 0 Å². The first-order chi connectivity index (χ1) is 8.38. The van der Waals surface area contributed by atoms with Crippen molar-refractivity contribution < 1.29 is 9.39 Å². The van der Waals surface area contributed by atoms with Gasteiger partial charge in [-0.05, 0) is 28.6 Å². The van der Waals surface area contributed by atoms with Crippen molar-refractivity contribution in [2.75, 3.05) is 7.11 Å². The highest BCUT2D eigenvalue weighted by Gasteiger charge is 2.29. The Kier molecular flexibility index (Phi) is 2.61. The molecule has 0 unspecified atom stereocenters. The summed E-state index contributed by atoms with van der Waals surface area (Å²) in [5.74, 6) is 0.890. The molecule has 1 heterocycles. The zero-order valence-electron chi connectivity index (χ0n) is 9.72. The average molecular weight is 224 g/mol. The molecule has 0 aliphatic carbocycles. The van der Waals surface area contributed by atoms with Gasteiger partial charge in [0.15, 0.2) is 0 Å². The third-order valence-electron chi connectivity index (χ3n) is 3.14. The van der Waals surface area contributed by atoms with Crippen molar-refractivity contribution in [2.45, 2.75) is 6.61 Å². The molecule has 0 saturated heterocycles. The van der Waals surface area contributed by atoms with Crippen molar-refractivity contribution in [1.82, 2.24) is 0 Å². The Labute approximate surface area is 101 Å². The molecule has 0 N–H and O–H groups in total. The number of hydrogen-bond donors (Lipinski definition) is 0. The molecule has 2 aromatic carbocycles. The Hall–Kier alpha value is -1.74. The third-order valence-corrected chi connectivity index (χ3v) is 3.14. The second kappa shape index (κ2) is 4.26. The van der Waals surface area contributed by atoms with Crippen LogP contribution in [0.3, 0.4) is 0 Å². The van der Waals surface area contributed by atoms with Crippen LogP contribution in [0.1, 0.15) is 5.56 Å². The van der Waals surface area contributed by atoms with Crippen LogP contribution in [0.25, 0.3) is 0 Å². The molecule has 2 aromatic rings. The molecule has 0 spiro atoms. The predicted molar refractivity (Wildman–Crippen MR) is 69.2 cm³/mol. The van der Waals surface area contributed by atoms with Gasteiger partial charge in [-0.2, -0.15) is 0 Å². The fourth-order valence-corrected chi connectivity index (χ4v) is 2.26. The van der Waals surface area contributed by atoms with Gasteiger partial charge in [0.1, 0.15) is 5.75 Å². The van der Waals surface area contributed by atoms with Crippen LogP contribution >= 0.6 is 0 Å². The van der Waals surface area contributed by atoms with Crippen molar-refractivity contribution in [2.24, 2.45) is 0 Å². The maximum Gasteiger partial charge on any atom is 0.362 e. The molecule has 3 heteroatoms. The van der Waals surface area contributed by atoms with Crippen molar-refractivity contribution in [3.63, 3.8) is 0 Å². The number of ether oxygens (including phenoxy) is 1. The molecule has 1 aliphatic heterocycles. The standard InChI is InChI=1S/C14H13BO2/c1-16-13-7-8-14-11(9-13)10-17-15(14)12-5-3-2-4-6-12/h2-9H,10H2,1H3. The number of methoxy groups -OCH3 is 1. The van der Waals surface area contributed by atoms with Crippen molar-refractivity contribution in [1.29, 1.82) is 0 Å². The summed E-state index contributed by atoms with van der Waals surface area (Å²) in [7, 11) is 1.69. The molecule has 3 rings (SSSR count). The summed E-state index contributed by atoms with van der Waals surface area (Å²) in [5, 5.41) is 0. The summed E-state index contributed by atoms with van der Waals surface area (Å²) in [5.41, 5.74) is 3.67. The molecular weight excluding hydrogens is 211 g/mol. The van der Waals surface area contributed by atoms with Crippen LogP contribution in [0.15, 0.2) is 48.5 Å². The normalized spacial score (nSPS) is 13.6. The lowest BCUT2D eigenvalue weighted by molar-refractivity contribution is 0.336. The van der Waals surface area contributed by atoms with E-state index in [0.717, 1.165) is 5.75 Å². The van der Waals surface area contributed by atoms with Crippen molar-refractivity contribution in [3.05, 3.63) is 54.1 Å². The first-order valence-corrected chi connectivity index (χ1v) is 5.72. The first kappa shape index (κ1) is 10.4. The lowest BCUT2D eigenvalue weighted by atomic mass is 9.56. The summed E-state index contributed by atoms with van der Waals surface area (Å²) in [4.78, 5) is 0. The summed E-state index contributed by atoms with van der Waals surface area (Å²) < 4.78 is 11.1. The van der Waals surface area contributed by atoms with E-state index in [0.29, 0.717) is 6.61 Å². The fourth-order valence-electron chi connectivity index (χ4n) is 2.26. The lowest BCUT2D eigenvalue weighted by Crippen LogP contribution is -2.40. The van der Waals surface area contributed by atoms with E-state index in [2.05, 4.69) is 24.3 Å². The van der Waals surface area contributed by atoms with Gasteiger partial charge in [-0.15, -0.1) is 0 Å². The monoisotopic (exact) mass is 224 g/mol. The van der Waals surface area contributed by atoms with Crippen LogP contribution in [-0.2, 0) is 11.3 Å². The van der Waals surface area contributed by atoms with Crippen molar-refractivity contribution >= 4 is 17.8 Å². The molecule has 0 saturated carbocycles. The smallest absolute Gasteiger partial charge is 0.362 e. The van der Waals surface area contributed by atoms with Gasteiger partial charge in [0.2, 0.25) is 0 Å². The summed E-state index contributed by atoms with van der Waals surface area (Å²) >= 11 is 0. The zero-order chi connectivity index (χ0) is 11.7. The topological polar surface area (TPSA) is 18.5 Å². The highest BCUT2D eigenvalue weighted by Crippen LogP contribution is 2.17. The minimum Gasteiger partial charge on any atom is -0.497 e. The van der Waals surface area contributed by atoms with Crippen LogP contribution in [0.4, 0.5) is 0 Å². The minimum atomic E-state index is 0.0668. The predicted octanol–water partition coefficient (Wildman–Crippen LogP) is 1.33. The van der Waals surface area contributed by atoms with Crippen LogP contribution in [-0.4, -0.2) is 14.0 Å². The molecular formula is C14H13BO2. The second-order valence-electron chi connectivity index (χ2n) is 4.17. The number of hydrogen-bond acceptors (Lipinski definition) is 2. The Morgan fingerprint density at radius 2 is 1.94 bits per heavy atom. The molecule has 0 aromatic heterocycles. The van der Waals surface area contributed by atoms with E-state index in [1.807, 2.05) is 24.3 Å². The largest absolute Gasteiger partial charge is 0.497 e. The zero-order valence-corrected chi connectivity index (χ0v) is 9.72. The molecule has 0 radical (unpaired) electrons. The maximum atomic E-state index is 5.85. The Balaban J connectivity index is 1.99. The Morgan fingerprint density at radius 3 is 2.71 bits per heavy atom. The van der Waals surface area contributed by atoms with Crippen LogP contribution in [0, 0.1) is 0 Å². The number of fused-ring (bicyclic) bond motifs is 1. The van der Waals surface area contributed by atoms with E-state index in [9.17, 15) is 0 Å². The number of benzene rings is 2. The minimum absolute atomic E-state index is 0.0668. The van der Waals surface area contributed by atoms with Gasteiger partial charge >= 0.3 is 6.92 Å². The van der Waals surface area contributed by atoms with Gasteiger partial charge in [-0.25, -0.2) is 0 Å². The SMILES string of the molecule is COc1ccc2c(c1)COB2c1ccccc1. The summed E-state index contributed by atoms with van der Waals surface area (Å²) in [6.07, 6.45) is 0. The van der Waals surface area contributed by atoms with E-state index in [1.54, 1.807) is 7.11 Å². The van der Waals surface area contributed by atoms with Crippen LogP contribution in [0.5, 0.6) is 5.75 Å². The Morgan fingerprint density at radius 1 is 1.12 bits per heavy atom. The van der Waals surface area contributed by atoms with Gasteiger partial charge in [-0.1, -0.05) is 36.4 Å². The van der Waals surface area contributed by atoms with E-state index >= 15 is 0 Å². The maximum absolute atomic E-state index is 5.85. The molecule has 1 aliphatic rings. The summed E-state index contributed by atoms with van der Waals surface area (Å²) in [6, 6.07) is 16.4.